The van der Waals surface area contributed by atoms with Crippen LogP contribution in [0.25, 0.3) is 0 Å². The van der Waals surface area contributed by atoms with Gasteiger partial charge in [0.1, 0.15) is 17.4 Å². The summed E-state index contributed by atoms with van der Waals surface area (Å²) in [5, 5.41) is 0. The van der Waals surface area contributed by atoms with Crippen LogP contribution in [0.4, 0.5) is 8.78 Å². The predicted molar refractivity (Wildman–Crippen MR) is 103 cm³/mol. The second-order valence-corrected chi connectivity index (χ2v) is 7.53. The van der Waals surface area contributed by atoms with Crippen LogP contribution in [0.5, 0.6) is 5.75 Å². The van der Waals surface area contributed by atoms with Crippen molar-refractivity contribution in [3.63, 3.8) is 0 Å². The van der Waals surface area contributed by atoms with E-state index in [1.807, 2.05) is 35.2 Å². The van der Waals surface area contributed by atoms with Crippen molar-refractivity contribution in [1.82, 2.24) is 4.90 Å². The lowest BCUT2D eigenvalue weighted by atomic mass is 9.82. The molecule has 2 heterocycles. The first-order chi connectivity index (χ1) is 13.5. The maximum absolute atomic E-state index is 14.5. The molecule has 0 bridgehead atoms. The van der Waals surface area contributed by atoms with Crippen LogP contribution in [0, 0.1) is 5.92 Å². The molecule has 28 heavy (non-hydrogen) atoms. The van der Waals surface area contributed by atoms with Crippen molar-refractivity contribution in [2.75, 3.05) is 19.7 Å². The number of halogens is 2. The molecule has 0 fully saturated rings. The van der Waals surface area contributed by atoms with Crippen LogP contribution in [0.15, 0.2) is 59.7 Å². The largest absolute Gasteiger partial charge is 0.493 e. The maximum Gasteiger partial charge on any atom is 0.223 e. The van der Waals surface area contributed by atoms with Crippen LogP contribution in [-0.4, -0.2) is 30.5 Å². The normalized spacial score (nSPS) is 26.3. The van der Waals surface area contributed by atoms with E-state index in [0.29, 0.717) is 32.4 Å². The highest BCUT2D eigenvalue weighted by atomic mass is 19.1. The fourth-order valence-electron chi connectivity index (χ4n) is 4.45. The first kappa shape index (κ1) is 18.9. The fraction of sp³-hybridized carbons (Fsp3) is 0.409. The number of para-hydroxylation sites is 1. The molecule has 1 spiro atoms. The Balaban J connectivity index is 1.76. The molecule has 2 N–H and O–H groups in total. The summed E-state index contributed by atoms with van der Waals surface area (Å²) in [7, 11) is 0. The Labute approximate surface area is 163 Å². The Bertz CT molecular complexity index is 877. The fourth-order valence-corrected chi connectivity index (χ4v) is 4.45. The van der Waals surface area contributed by atoms with E-state index in [0.717, 1.165) is 16.9 Å². The molecule has 4 rings (SSSR count). The SMILES string of the molecule is NCCCC(=O)N1CC(C2CC(F)=CC=C2F)=CC12CCOc1ccccc12. The average molecular weight is 386 g/mol. The summed E-state index contributed by atoms with van der Waals surface area (Å²) in [6, 6.07) is 7.63. The number of carbonyl (C=O) groups is 1. The molecule has 2 aliphatic heterocycles. The van der Waals surface area contributed by atoms with Crippen molar-refractivity contribution >= 4 is 5.91 Å². The van der Waals surface area contributed by atoms with Gasteiger partial charge in [-0.15, -0.1) is 0 Å². The van der Waals surface area contributed by atoms with Crippen molar-refractivity contribution in [2.45, 2.75) is 31.2 Å². The van der Waals surface area contributed by atoms with E-state index in [-0.39, 0.29) is 30.5 Å². The van der Waals surface area contributed by atoms with Gasteiger partial charge in [0.2, 0.25) is 5.91 Å². The molecule has 148 valence electrons. The maximum atomic E-state index is 14.5. The van der Waals surface area contributed by atoms with Gasteiger partial charge in [0.05, 0.1) is 12.1 Å². The molecular weight excluding hydrogens is 362 g/mol. The highest BCUT2D eigenvalue weighted by molar-refractivity contribution is 5.79. The third kappa shape index (κ3) is 3.15. The van der Waals surface area contributed by atoms with Crippen LogP contribution < -0.4 is 10.5 Å². The van der Waals surface area contributed by atoms with E-state index < -0.39 is 11.5 Å². The van der Waals surface area contributed by atoms with Gasteiger partial charge in [-0.2, -0.15) is 0 Å². The lowest BCUT2D eigenvalue weighted by Gasteiger charge is -2.42. The summed E-state index contributed by atoms with van der Waals surface area (Å²) in [5.41, 5.74) is 6.55. The molecule has 0 saturated heterocycles. The molecular formula is C22H24F2N2O2. The van der Waals surface area contributed by atoms with Gasteiger partial charge in [-0.05, 0) is 36.8 Å². The Morgan fingerprint density at radius 1 is 1.29 bits per heavy atom. The Morgan fingerprint density at radius 2 is 2.11 bits per heavy atom. The predicted octanol–water partition coefficient (Wildman–Crippen LogP) is 3.90. The number of benzene rings is 1. The molecule has 0 saturated carbocycles. The van der Waals surface area contributed by atoms with Crippen molar-refractivity contribution < 1.29 is 18.3 Å². The van der Waals surface area contributed by atoms with Crippen LogP contribution in [0.2, 0.25) is 0 Å². The molecule has 0 radical (unpaired) electrons. The number of allylic oxidation sites excluding steroid dienone is 4. The first-order valence-corrected chi connectivity index (χ1v) is 9.71. The van der Waals surface area contributed by atoms with E-state index in [1.54, 1.807) is 0 Å². The van der Waals surface area contributed by atoms with Gasteiger partial charge in [-0.3, -0.25) is 4.79 Å². The molecule has 0 aromatic heterocycles. The summed E-state index contributed by atoms with van der Waals surface area (Å²) < 4.78 is 34.2. The lowest BCUT2D eigenvalue weighted by molar-refractivity contribution is -0.135. The number of ether oxygens (including phenoxy) is 1. The van der Waals surface area contributed by atoms with Crippen LogP contribution >= 0.6 is 0 Å². The Hall–Kier alpha value is -2.47. The van der Waals surface area contributed by atoms with Crippen LogP contribution in [-0.2, 0) is 10.3 Å². The zero-order chi connectivity index (χ0) is 19.7. The molecule has 1 aromatic rings. The van der Waals surface area contributed by atoms with E-state index in [9.17, 15) is 13.6 Å². The summed E-state index contributed by atoms with van der Waals surface area (Å²) in [4.78, 5) is 14.9. The van der Waals surface area contributed by atoms with Gasteiger partial charge in [-0.25, -0.2) is 8.78 Å². The van der Waals surface area contributed by atoms with Gasteiger partial charge in [-0.1, -0.05) is 24.3 Å². The number of nitrogens with two attached hydrogens (primary N) is 1. The highest BCUT2D eigenvalue weighted by Crippen LogP contribution is 2.49. The number of rotatable bonds is 4. The van der Waals surface area contributed by atoms with Gasteiger partial charge >= 0.3 is 0 Å². The minimum absolute atomic E-state index is 0.00672. The number of hydrogen-bond acceptors (Lipinski definition) is 3. The summed E-state index contributed by atoms with van der Waals surface area (Å²) in [5.74, 6) is -0.663. The molecule has 2 atom stereocenters. The highest BCUT2D eigenvalue weighted by Gasteiger charge is 2.48. The molecule has 2 unspecified atom stereocenters. The van der Waals surface area contributed by atoms with Crippen molar-refractivity contribution in [3.05, 3.63) is 65.3 Å². The second-order valence-electron chi connectivity index (χ2n) is 7.53. The van der Waals surface area contributed by atoms with Crippen molar-refractivity contribution in [2.24, 2.45) is 11.7 Å². The summed E-state index contributed by atoms with van der Waals surface area (Å²) in [6.45, 7) is 1.18. The van der Waals surface area contributed by atoms with Crippen molar-refractivity contribution in [3.8, 4) is 5.75 Å². The second kappa shape index (κ2) is 7.51. The molecule has 1 aromatic carbocycles. The third-order valence-corrected chi connectivity index (χ3v) is 5.84. The van der Waals surface area contributed by atoms with E-state index in [1.165, 1.54) is 12.2 Å². The Kier molecular flexibility index (Phi) is 5.06. The Morgan fingerprint density at radius 3 is 2.93 bits per heavy atom. The van der Waals surface area contributed by atoms with Crippen LogP contribution in [0.3, 0.4) is 0 Å². The van der Waals surface area contributed by atoms with Gasteiger partial charge in [0.25, 0.3) is 0 Å². The molecule has 4 nitrogen and oxygen atoms in total. The van der Waals surface area contributed by atoms with Crippen LogP contribution in [0.1, 0.15) is 31.2 Å². The minimum Gasteiger partial charge on any atom is -0.493 e. The number of fused-ring (bicyclic) bond motifs is 2. The van der Waals surface area contributed by atoms with Gasteiger partial charge in [0.15, 0.2) is 0 Å². The van der Waals surface area contributed by atoms with Gasteiger partial charge < -0.3 is 15.4 Å². The summed E-state index contributed by atoms with van der Waals surface area (Å²) >= 11 is 0. The molecule has 1 aliphatic carbocycles. The standard InChI is InChI=1S/C22H24F2N2O2/c23-16-7-8-19(24)17(12-16)15-13-22(26(14-15)21(27)6-3-10-25)9-11-28-20-5-2-1-4-18(20)22/h1-2,4-5,7-8,13,17H,3,6,9-12,14,25H2. The van der Waals surface area contributed by atoms with Gasteiger partial charge in [0, 0.05) is 37.3 Å². The van der Waals surface area contributed by atoms with E-state index in [4.69, 9.17) is 10.5 Å². The monoisotopic (exact) mass is 386 g/mol. The van der Waals surface area contributed by atoms with Crippen molar-refractivity contribution in [1.29, 1.82) is 0 Å². The number of amides is 1. The van der Waals surface area contributed by atoms with E-state index in [2.05, 4.69) is 0 Å². The average Bonchev–Trinajstić information content (AvgIpc) is 3.08. The lowest BCUT2D eigenvalue weighted by Crippen LogP contribution is -2.48. The third-order valence-electron chi connectivity index (χ3n) is 5.84. The molecule has 1 amide bonds. The smallest absolute Gasteiger partial charge is 0.223 e. The number of nitrogens with zero attached hydrogens (tertiary/aromatic N) is 1. The molecule has 3 aliphatic rings. The topological polar surface area (TPSA) is 55.6 Å². The number of hydrogen-bond donors (Lipinski definition) is 1. The summed E-state index contributed by atoms with van der Waals surface area (Å²) in [6.07, 6.45) is 5.84. The number of carbonyl (C=O) groups excluding carboxylic acids is 1. The first-order valence-electron chi connectivity index (χ1n) is 9.71. The molecule has 6 heteroatoms. The zero-order valence-electron chi connectivity index (χ0n) is 15.7. The quantitative estimate of drug-likeness (QED) is 0.799. The zero-order valence-corrected chi connectivity index (χ0v) is 15.7. The van der Waals surface area contributed by atoms with E-state index >= 15 is 0 Å². The minimum atomic E-state index is -0.687.